The third-order valence-electron chi connectivity index (χ3n) is 12.7. The maximum Gasteiger partial charge on any atom is 0.294 e. The second-order valence-corrected chi connectivity index (χ2v) is 23.1. The number of aryl methyl sites for hydroxylation is 2. The molecule has 1 aliphatic carbocycles. The van der Waals surface area contributed by atoms with Crippen molar-refractivity contribution in [3.63, 3.8) is 0 Å². The summed E-state index contributed by atoms with van der Waals surface area (Å²) in [5, 5.41) is 46.7. The summed E-state index contributed by atoms with van der Waals surface area (Å²) in [5.74, 6) is 0.376. The first-order chi connectivity index (χ1) is 36.9. The Morgan fingerprint density at radius 1 is 0.623 bits per heavy atom. The van der Waals surface area contributed by atoms with Crippen molar-refractivity contribution < 1.29 is 25.9 Å². The molecule has 1 saturated carbocycles. The minimum atomic E-state index is -4.55. The van der Waals surface area contributed by atoms with Crippen LogP contribution in [0.4, 0.5) is 56.0 Å². The average molecular weight is 1130 g/mol. The van der Waals surface area contributed by atoms with E-state index in [0.717, 1.165) is 66.5 Å². The monoisotopic (exact) mass is 1130 g/mol. The lowest BCUT2D eigenvalue weighted by Crippen LogP contribution is -2.21. The first-order valence-corrected chi connectivity index (χ1v) is 29.8. The molecule has 0 atom stereocenters. The van der Waals surface area contributed by atoms with Crippen LogP contribution in [0, 0.1) is 36.5 Å². The van der Waals surface area contributed by atoms with Gasteiger partial charge in [0.25, 0.3) is 20.2 Å². The molecule has 0 aliphatic heterocycles. The molecule has 0 spiro atoms. The Balaban J connectivity index is 1.18. The quantitative estimate of drug-likeness (QED) is 0.0407. The molecule has 0 unspecified atom stereocenters. The minimum absolute atomic E-state index is 0.0705. The zero-order valence-corrected chi connectivity index (χ0v) is 46.8. The normalized spacial score (nSPS) is 13.2. The fourth-order valence-corrected chi connectivity index (χ4v) is 12.6. The highest BCUT2D eigenvalue weighted by molar-refractivity contribution is 7.99. The zero-order valence-electron chi connectivity index (χ0n) is 42.8. The molecule has 1 aliphatic rings. The summed E-state index contributed by atoms with van der Waals surface area (Å²) in [6.07, 6.45) is 5.34. The van der Waals surface area contributed by atoms with Gasteiger partial charge in [-0.3, -0.25) is 9.11 Å². The molecular formula is C51H53N15O6S5. The summed E-state index contributed by atoms with van der Waals surface area (Å²) in [7, 11) is -9.10. The van der Waals surface area contributed by atoms with E-state index in [0.29, 0.717) is 76.3 Å². The molecule has 0 bridgehead atoms. The van der Waals surface area contributed by atoms with Gasteiger partial charge in [-0.15, -0.1) is 20.5 Å². The molecule has 3 heterocycles. The summed E-state index contributed by atoms with van der Waals surface area (Å²) in [6.45, 7) is 14.2. The molecule has 7 aromatic rings. The Hall–Kier alpha value is -7.30. The molecule has 1 fully saturated rings. The number of benzene rings is 4. The summed E-state index contributed by atoms with van der Waals surface area (Å²) in [5.41, 5.74) is 5.27. The van der Waals surface area contributed by atoms with Crippen molar-refractivity contribution in [3.05, 3.63) is 95.1 Å². The Labute approximate surface area is 459 Å². The number of thioether (sulfide) groups is 1. The lowest BCUT2D eigenvalue weighted by atomic mass is 10.0. The molecule has 398 valence electrons. The van der Waals surface area contributed by atoms with Crippen molar-refractivity contribution in [2.45, 2.75) is 93.8 Å². The summed E-state index contributed by atoms with van der Waals surface area (Å²) < 4.78 is 77.1. The molecule has 4 aromatic carbocycles. The van der Waals surface area contributed by atoms with E-state index in [9.17, 15) is 36.5 Å². The van der Waals surface area contributed by atoms with Crippen LogP contribution in [0.2, 0.25) is 0 Å². The van der Waals surface area contributed by atoms with Crippen molar-refractivity contribution in [2.75, 3.05) is 46.6 Å². The molecule has 21 nitrogen and oxygen atoms in total. The van der Waals surface area contributed by atoms with Crippen molar-refractivity contribution in [2.24, 2.45) is 20.5 Å². The highest BCUT2D eigenvalue weighted by Gasteiger charge is 2.24. The van der Waals surface area contributed by atoms with Crippen molar-refractivity contribution >= 4 is 111 Å². The lowest BCUT2D eigenvalue weighted by Gasteiger charge is -2.23. The van der Waals surface area contributed by atoms with Crippen LogP contribution in [0.1, 0.15) is 82.1 Å². The maximum atomic E-state index is 12.1. The first-order valence-electron chi connectivity index (χ1n) is 24.5. The molecule has 3 aromatic heterocycles. The van der Waals surface area contributed by atoms with E-state index in [2.05, 4.69) is 89.5 Å². The summed E-state index contributed by atoms with van der Waals surface area (Å²) >= 11 is 3.40. The maximum absolute atomic E-state index is 12.1. The molecule has 26 heteroatoms. The molecule has 0 amide bonds. The largest absolute Gasteiger partial charge is 0.372 e. The van der Waals surface area contributed by atoms with Crippen molar-refractivity contribution in [3.8, 4) is 34.7 Å². The topological polar surface area (TPSA) is 301 Å². The Kier molecular flexibility index (Phi) is 17.7. The number of rotatable bonds is 20. The SMILES string of the molecule is CCN(CC)c1ccc(N=Nc2snc(-c3ccc(C)c(S(=O)(=O)O)c3)c2C#N)c(Nc2nc(Nc3cc(N(CC)CC)ccc3N=Nc3snc(-c4ccc(C)c(S(=O)(=O)O)c4)c3C#N)nc(SC3CCCCC3)n2)c1. The fraction of sp³-hybridized carbons (Fsp3) is 0.314. The van der Waals surface area contributed by atoms with Crippen LogP contribution < -0.4 is 20.4 Å². The van der Waals surface area contributed by atoms with Gasteiger partial charge in [0.1, 0.15) is 46.0 Å². The van der Waals surface area contributed by atoms with Crippen LogP contribution in [-0.2, 0) is 20.2 Å². The van der Waals surface area contributed by atoms with Gasteiger partial charge >= 0.3 is 0 Å². The fourth-order valence-electron chi connectivity index (χ4n) is 8.63. The van der Waals surface area contributed by atoms with Gasteiger partial charge < -0.3 is 20.4 Å². The van der Waals surface area contributed by atoms with Gasteiger partial charge in [0.05, 0.1) is 21.2 Å². The van der Waals surface area contributed by atoms with Crippen LogP contribution in [0.15, 0.2) is 108 Å². The van der Waals surface area contributed by atoms with Gasteiger partial charge in [-0.1, -0.05) is 55.3 Å². The van der Waals surface area contributed by atoms with E-state index in [1.165, 1.54) is 24.3 Å². The summed E-state index contributed by atoms with van der Waals surface area (Å²) in [4.78, 5) is 18.5. The summed E-state index contributed by atoms with van der Waals surface area (Å²) in [6, 6.07) is 24.3. The Morgan fingerprint density at radius 3 is 1.44 bits per heavy atom. The number of nitrogens with one attached hydrogen (secondary N) is 2. The van der Waals surface area contributed by atoms with Crippen molar-refractivity contribution in [1.29, 1.82) is 10.5 Å². The Morgan fingerprint density at radius 2 is 1.05 bits per heavy atom. The third-order valence-corrected chi connectivity index (χ3v) is 17.4. The smallest absolute Gasteiger partial charge is 0.294 e. The van der Waals surface area contributed by atoms with E-state index in [-0.39, 0.29) is 59.5 Å². The second kappa shape index (κ2) is 24.4. The van der Waals surface area contributed by atoms with E-state index in [1.54, 1.807) is 49.9 Å². The van der Waals surface area contributed by atoms with E-state index >= 15 is 0 Å². The number of nitriles is 2. The zero-order chi connectivity index (χ0) is 55.0. The van der Waals surface area contributed by atoms with Gasteiger partial charge in [-0.25, -0.2) is 0 Å². The highest BCUT2D eigenvalue weighted by Crippen LogP contribution is 2.42. The molecule has 0 radical (unpaired) electrons. The van der Waals surface area contributed by atoms with Crippen LogP contribution >= 0.6 is 34.8 Å². The lowest BCUT2D eigenvalue weighted by molar-refractivity contribution is 0.480. The molecule has 8 rings (SSSR count). The molecule has 4 N–H and O–H groups in total. The predicted molar refractivity (Wildman–Crippen MR) is 301 cm³/mol. The molecule has 0 saturated heterocycles. The number of anilines is 6. The standard InChI is InChI=1S/C51H53N15O6S5/c1-7-65(8-2)34-20-22-39(59-61-47-37(28-52)45(63-74-47)32-18-16-30(5)43(24-32)76(67,68)69)41(26-34)54-49-56-50(58-51(57-49)73-36-14-12-11-13-15-36)55-42-27-35(66(9-3)10-4)21-23-40(42)60-62-48-38(29-53)46(64-75-48)33-19-17-31(6)44(25-33)77(70,71)72/h16-27,36H,7-15H2,1-6H3,(H,67,68,69)(H,70,71,72)(H2,54,55,56,57,58). The van der Waals surface area contributed by atoms with E-state index < -0.39 is 20.2 Å². The molecule has 77 heavy (non-hydrogen) atoms. The van der Waals surface area contributed by atoms with Gasteiger partial charge in [-0.05, 0) is 137 Å². The third kappa shape index (κ3) is 13.1. The van der Waals surface area contributed by atoms with Crippen LogP contribution in [0.5, 0.6) is 0 Å². The van der Waals surface area contributed by atoms with Gasteiger partial charge in [0.2, 0.25) is 11.9 Å². The van der Waals surface area contributed by atoms with Gasteiger partial charge in [0.15, 0.2) is 15.2 Å². The van der Waals surface area contributed by atoms with Crippen LogP contribution in [0.3, 0.4) is 0 Å². The van der Waals surface area contributed by atoms with Gasteiger partial charge in [-0.2, -0.15) is 51.1 Å². The van der Waals surface area contributed by atoms with E-state index in [1.807, 2.05) is 24.3 Å². The predicted octanol–water partition coefficient (Wildman–Crippen LogP) is 13.4. The van der Waals surface area contributed by atoms with Crippen LogP contribution in [-0.4, -0.2) is 81.1 Å². The first kappa shape index (κ1) is 55.9. The highest BCUT2D eigenvalue weighted by atomic mass is 32.2. The number of aromatic nitrogens is 5. The van der Waals surface area contributed by atoms with Crippen LogP contribution in [0.25, 0.3) is 22.5 Å². The average Bonchev–Trinajstić information content (AvgIpc) is 4.03. The molecular weight excluding hydrogens is 1080 g/mol. The number of nitrogens with zero attached hydrogens (tertiary/aromatic N) is 13. The second-order valence-electron chi connectivity index (χ2n) is 17.6. The number of hydrogen-bond acceptors (Lipinski definition) is 22. The van der Waals surface area contributed by atoms with Gasteiger partial charge in [0, 0.05) is 53.9 Å². The minimum Gasteiger partial charge on any atom is -0.372 e. The number of hydrogen-bond donors (Lipinski definition) is 4. The number of azo groups is 2. The Bertz CT molecular complexity index is 3480. The van der Waals surface area contributed by atoms with E-state index in [4.69, 9.17) is 15.0 Å². The van der Waals surface area contributed by atoms with Crippen molar-refractivity contribution in [1.82, 2.24) is 23.7 Å².